The molecule has 1 saturated heterocycles. The van der Waals surface area contributed by atoms with Gasteiger partial charge in [0.05, 0.1) is 24.1 Å². The molecule has 0 aromatic heterocycles. The summed E-state index contributed by atoms with van der Waals surface area (Å²) >= 11 is 0. The third-order valence-corrected chi connectivity index (χ3v) is 11.7. The zero-order valence-electron chi connectivity index (χ0n) is 27.1. The molecule has 1 aromatic rings. The number of carbonyl (C=O) groups is 1. The number of hydrogen-bond donors (Lipinski definition) is 4. The highest BCUT2D eigenvalue weighted by Gasteiger charge is 2.49. The molecule has 3 unspecified atom stereocenters. The van der Waals surface area contributed by atoms with Gasteiger partial charge in [0.1, 0.15) is 18.5 Å². The van der Waals surface area contributed by atoms with Crippen molar-refractivity contribution >= 4 is 21.8 Å². The van der Waals surface area contributed by atoms with Crippen LogP contribution in [0.1, 0.15) is 100 Å². The number of rotatable bonds is 13. The van der Waals surface area contributed by atoms with E-state index in [1.54, 1.807) is 18.2 Å². The van der Waals surface area contributed by atoms with Gasteiger partial charge >= 0.3 is 6.18 Å². The van der Waals surface area contributed by atoms with Crippen LogP contribution >= 0.6 is 0 Å². The minimum atomic E-state index is -4.11. The van der Waals surface area contributed by atoms with Crippen LogP contribution in [0.25, 0.3) is 6.08 Å². The summed E-state index contributed by atoms with van der Waals surface area (Å²) in [7, 11) is -3.43. The van der Waals surface area contributed by atoms with Gasteiger partial charge in [-0.2, -0.15) is 13.2 Å². The van der Waals surface area contributed by atoms with Crippen molar-refractivity contribution in [1.82, 2.24) is 10.6 Å². The number of nitrogens with one attached hydrogen (secondary N) is 2. The average molecular weight is 673 g/mol. The smallest absolute Gasteiger partial charge is 0.389 e. The number of ether oxygens (including phenoxy) is 1. The molecule has 4 N–H and O–H groups in total. The molecule has 2 saturated carbocycles. The van der Waals surface area contributed by atoms with Crippen molar-refractivity contribution in [1.29, 1.82) is 0 Å². The van der Waals surface area contributed by atoms with E-state index in [-0.39, 0.29) is 42.7 Å². The van der Waals surface area contributed by atoms with Crippen molar-refractivity contribution in [3.63, 3.8) is 0 Å². The molecule has 8 nitrogen and oxygen atoms in total. The van der Waals surface area contributed by atoms with Gasteiger partial charge in [-0.05, 0) is 118 Å². The summed E-state index contributed by atoms with van der Waals surface area (Å²) < 4.78 is 69.1. The van der Waals surface area contributed by atoms with Crippen LogP contribution in [0, 0.1) is 31.6 Å². The van der Waals surface area contributed by atoms with Gasteiger partial charge in [0.2, 0.25) is 5.91 Å². The normalized spacial score (nSPS) is 28.4. The van der Waals surface area contributed by atoms with Gasteiger partial charge in [-0.1, -0.05) is 25.7 Å². The lowest BCUT2D eigenvalue weighted by atomic mass is 9.78. The van der Waals surface area contributed by atoms with E-state index in [1.807, 2.05) is 13.8 Å². The minimum Gasteiger partial charge on any atom is -0.491 e. The molecule has 0 bridgehead atoms. The van der Waals surface area contributed by atoms with E-state index in [0.717, 1.165) is 74.5 Å². The highest BCUT2D eigenvalue weighted by atomic mass is 32.2. The molecule has 0 radical (unpaired) electrons. The first-order chi connectivity index (χ1) is 21.7. The number of aryl methyl sites for hydroxylation is 2. The Morgan fingerprint density at radius 2 is 1.72 bits per heavy atom. The fourth-order valence-corrected chi connectivity index (χ4v) is 8.55. The lowest BCUT2D eigenvalue weighted by Crippen LogP contribution is -2.48. The Kier molecular flexibility index (Phi) is 12.6. The largest absolute Gasteiger partial charge is 0.491 e. The second kappa shape index (κ2) is 15.8. The topological polar surface area (TPSA) is 125 Å². The monoisotopic (exact) mass is 672 g/mol. The molecular formula is C34H51F3N2O6S. The standard InChI is InChI=1S/C34H51F3N2O6S/c1-23-19-29(45-22-28(41)21-40)20-24(2)30(23)13-18-46(43,44)17-4-6-25-5-3-14-33(15-11-25)32(42)38-31(39-33)27-9-7-26(8-10-27)12-16-34(35,36)37/h13,18-20,25-28,31,39-41H,3-12,14-17,21-22H2,1-2H3,(H,38,42)/b18-13+/t25?,26?,27?,28-,31?,33?/m1/s1. The maximum absolute atomic E-state index is 13.2. The van der Waals surface area contributed by atoms with Crippen molar-refractivity contribution in [3.05, 3.63) is 34.2 Å². The third-order valence-electron chi connectivity index (χ3n) is 10.3. The summed E-state index contributed by atoms with van der Waals surface area (Å²) in [4.78, 5) is 13.2. The van der Waals surface area contributed by atoms with Gasteiger partial charge in [-0.25, -0.2) is 8.42 Å². The first kappa shape index (κ1) is 36.7. The Morgan fingerprint density at radius 3 is 2.37 bits per heavy atom. The van der Waals surface area contributed by atoms with Gasteiger partial charge in [-0.15, -0.1) is 0 Å². The maximum Gasteiger partial charge on any atom is 0.389 e. The van der Waals surface area contributed by atoms with Gasteiger partial charge < -0.3 is 20.3 Å². The summed E-state index contributed by atoms with van der Waals surface area (Å²) in [5, 5.41) is 26.5. The van der Waals surface area contributed by atoms with Crippen LogP contribution in [-0.4, -0.2) is 67.5 Å². The van der Waals surface area contributed by atoms with Crippen molar-refractivity contribution in [3.8, 4) is 5.75 Å². The molecule has 260 valence electrons. The van der Waals surface area contributed by atoms with Crippen LogP contribution in [-0.2, 0) is 14.6 Å². The lowest BCUT2D eigenvalue weighted by Gasteiger charge is -2.33. The van der Waals surface area contributed by atoms with E-state index >= 15 is 0 Å². The maximum atomic E-state index is 13.2. The number of halogens is 3. The molecule has 3 aliphatic rings. The van der Waals surface area contributed by atoms with Gasteiger partial charge in [0.25, 0.3) is 0 Å². The molecule has 1 aliphatic heterocycles. The zero-order chi connectivity index (χ0) is 33.5. The summed E-state index contributed by atoms with van der Waals surface area (Å²) in [5.41, 5.74) is 1.86. The minimum absolute atomic E-state index is 0.0259. The number of alkyl halides is 3. The van der Waals surface area contributed by atoms with E-state index in [0.29, 0.717) is 24.5 Å². The second-order valence-corrected chi connectivity index (χ2v) is 15.8. The van der Waals surface area contributed by atoms with E-state index in [9.17, 15) is 31.5 Å². The van der Waals surface area contributed by atoms with E-state index in [4.69, 9.17) is 9.84 Å². The summed E-state index contributed by atoms with van der Waals surface area (Å²) in [6.45, 7) is 3.30. The van der Waals surface area contributed by atoms with Gasteiger partial charge in [0.15, 0.2) is 9.84 Å². The molecule has 1 heterocycles. The molecular weight excluding hydrogens is 621 g/mol. The van der Waals surface area contributed by atoms with E-state index < -0.39 is 40.7 Å². The van der Waals surface area contributed by atoms with Crippen molar-refractivity contribution in [2.45, 2.75) is 121 Å². The van der Waals surface area contributed by atoms with Crippen LogP contribution < -0.4 is 15.4 Å². The second-order valence-electron chi connectivity index (χ2n) is 13.8. The van der Waals surface area contributed by atoms with Crippen LogP contribution in [0.3, 0.4) is 0 Å². The summed E-state index contributed by atoms with van der Waals surface area (Å²) in [6.07, 6.45) is 4.46. The van der Waals surface area contributed by atoms with Crippen LogP contribution in [0.5, 0.6) is 5.75 Å². The third kappa shape index (κ3) is 10.4. The number of hydrogen-bond acceptors (Lipinski definition) is 7. The van der Waals surface area contributed by atoms with E-state index in [1.165, 1.54) is 5.41 Å². The fourth-order valence-electron chi connectivity index (χ4n) is 7.50. The van der Waals surface area contributed by atoms with Crippen LogP contribution in [0.15, 0.2) is 17.5 Å². The highest BCUT2D eigenvalue weighted by molar-refractivity contribution is 7.94. The number of carbonyl (C=O) groups excluding carboxylic acids is 1. The number of aliphatic hydroxyl groups is 2. The molecule has 4 rings (SSSR count). The molecule has 4 atom stereocenters. The lowest BCUT2D eigenvalue weighted by molar-refractivity contribution is -0.138. The van der Waals surface area contributed by atoms with Crippen LogP contribution in [0.4, 0.5) is 13.2 Å². The van der Waals surface area contributed by atoms with Gasteiger partial charge in [-0.3, -0.25) is 10.1 Å². The first-order valence-electron chi connectivity index (χ1n) is 16.8. The number of sulfone groups is 1. The van der Waals surface area contributed by atoms with E-state index in [2.05, 4.69) is 10.6 Å². The molecule has 3 fully saturated rings. The molecule has 1 spiro atoms. The number of benzene rings is 1. The average Bonchev–Trinajstić information content (AvgIpc) is 3.17. The Balaban J connectivity index is 1.22. The quantitative estimate of drug-likeness (QED) is 0.212. The molecule has 1 amide bonds. The predicted molar refractivity (Wildman–Crippen MR) is 172 cm³/mol. The Morgan fingerprint density at radius 1 is 1.04 bits per heavy atom. The summed E-state index contributed by atoms with van der Waals surface area (Å²) in [6, 6.07) is 3.55. The van der Waals surface area contributed by atoms with Crippen molar-refractivity contribution in [2.75, 3.05) is 19.0 Å². The number of aliphatic hydroxyl groups excluding tert-OH is 2. The predicted octanol–water partition coefficient (Wildman–Crippen LogP) is 5.71. The molecule has 12 heteroatoms. The summed E-state index contributed by atoms with van der Waals surface area (Å²) in [5.74, 6) is 1.29. The SMILES string of the molecule is Cc1cc(OC[C@H](O)CO)cc(C)c1/C=C/S(=O)(=O)CCCC1CCCC2(CC1)NC(C1CCC(CCC(F)(F)F)CC1)NC2=O. The molecule has 2 aliphatic carbocycles. The Bertz CT molecular complexity index is 1290. The van der Waals surface area contributed by atoms with Crippen molar-refractivity contribution in [2.24, 2.45) is 17.8 Å². The highest BCUT2D eigenvalue weighted by Crippen LogP contribution is 2.40. The fraction of sp³-hybridized carbons (Fsp3) is 0.735. The first-order valence-corrected chi connectivity index (χ1v) is 18.5. The Hall–Kier alpha value is -2.15. The number of amides is 1. The van der Waals surface area contributed by atoms with Crippen LogP contribution in [0.2, 0.25) is 0 Å². The molecule has 1 aromatic carbocycles. The van der Waals surface area contributed by atoms with Crippen molar-refractivity contribution < 1.29 is 41.3 Å². The zero-order valence-corrected chi connectivity index (χ0v) is 27.9. The van der Waals surface area contributed by atoms with Gasteiger partial charge in [0, 0.05) is 11.8 Å². The molecule has 46 heavy (non-hydrogen) atoms. The Labute approximate surface area is 271 Å².